The fraction of sp³-hybridized carbons (Fsp3) is 0.500. The molecule has 1 rings (SSSR count). The molecule has 78 valence electrons. The van der Waals surface area contributed by atoms with Gasteiger partial charge in [0.25, 0.3) is 12.0 Å². The van der Waals surface area contributed by atoms with E-state index in [1.54, 1.807) is 0 Å². The molecule has 0 aliphatic rings. The molecule has 0 aliphatic carbocycles. The van der Waals surface area contributed by atoms with Gasteiger partial charge >= 0.3 is 0 Å². The molecule has 6 heteroatoms. The van der Waals surface area contributed by atoms with Gasteiger partial charge in [-0.25, -0.2) is 13.8 Å². The predicted octanol–water partition coefficient (Wildman–Crippen LogP) is 0.817. The molecule has 2 N–H and O–H groups in total. The minimum Gasteiger partial charge on any atom is -0.310 e. The lowest BCUT2D eigenvalue weighted by Gasteiger charge is -2.03. The van der Waals surface area contributed by atoms with Crippen molar-refractivity contribution in [3.8, 4) is 0 Å². The Hall–Kier alpha value is -1.30. The summed E-state index contributed by atoms with van der Waals surface area (Å²) in [6, 6.07) is 0.806. The second kappa shape index (κ2) is 4.80. The Labute approximate surface area is 79.4 Å². The Morgan fingerprint density at radius 1 is 1.64 bits per heavy atom. The number of nitrogens with zero attached hydrogens (tertiary/aromatic N) is 1. The van der Waals surface area contributed by atoms with E-state index in [4.69, 9.17) is 0 Å². The van der Waals surface area contributed by atoms with Crippen molar-refractivity contribution in [3.05, 3.63) is 27.9 Å². The Morgan fingerprint density at radius 3 is 2.93 bits per heavy atom. The van der Waals surface area contributed by atoms with E-state index in [9.17, 15) is 13.6 Å². The van der Waals surface area contributed by atoms with Crippen LogP contribution in [0, 0.1) is 0 Å². The lowest BCUT2D eigenvalue weighted by Crippen LogP contribution is -2.19. The number of halogens is 2. The molecule has 0 radical (unpaired) electrons. The second-order valence-corrected chi connectivity index (χ2v) is 2.70. The quantitative estimate of drug-likeness (QED) is 0.761. The molecule has 0 saturated heterocycles. The average molecular weight is 203 g/mol. The van der Waals surface area contributed by atoms with Crippen LogP contribution in [0.5, 0.6) is 0 Å². The van der Waals surface area contributed by atoms with E-state index in [-0.39, 0.29) is 12.4 Å². The molecule has 1 heterocycles. The summed E-state index contributed by atoms with van der Waals surface area (Å²) in [6.07, 6.45) is -2.71. The van der Waals surface area contributed by atoms with Crippen molar-refractivity contribution in [1.82, 2.24) is 15.3 Å². The molecular weight excluding hydrogens is 192 g/mol. The normalized spacial score (nSPS) is 10.9. The zero-order valence-corrected chi connectivity index (χ0v) is 7.68. The minimum atomic E-state index is -2.71. The Morgan fingerprint density at radius 2 is 2.36 bits per heavy atom. The van der Waals surface area contributed by atoms with Gasteiger partial charge in [0.1, 0.15) is 11.5 Å². The summed E-state index contributed by atoms with van der Waals surface area (Å²) in [7, 11) is 0. The van der Waals surface area contributed by atoms with Gasteiger partial charge in [-0.1, -0.05) is 6.92 Å². The van der Waals surface area contributed by atoms with Gasteiger partial charge in [0.05, 0.1) is 6.54 Å². The van der Waals surface area contributed by atoms with Crippen LogP contribution in [-0.2, 0) is 6.54 Å². The maximum Gasteiger partial charge on any atom is 0.280 e. The van der Waals surface area contributed by atoms with Gasteiger partial charge in [-0.05, 0) is 6.54 Å². The third-order valence-corrected chi connectivity index (χ3v) is 1.58. The van der Waals surface area contributed by atoms with Gasteiger partial charge < -0.3 is 10.3 Å². The molecular formula is C8H11F2N3O. The number of aromatic amines is 1. The first-order chi connectivity index (χ1) is 6.63. The van der Waals surface area contributed by atoms with E-state index in [1.165, 1.54) is 0 Å². The van der Waals surface area contributed by atoms with Crippen LogP contribution in [0.15, 0.2) is 10.9 Å². The summed E-state index contributed by atoms with van der Waals surface area (Å²) >= 11 is 0. The van der Waals surface area contributed by atoms with Gasteiger partial charge in [-0.2, -0.15) is 0 Å². The molecule has 14 heavy (non-hydrogen) atoms. The maximum absolute atomic E-state index is 12.2. The Kier molecular flexibility index (Phi) is 3.70. The minimum absolute atomic E-state index is 0.231. The molecule has 1 aromatic rings. The molecule has 0 aliphatic heterocycles. The van der Waals surface area contributed by atoms with Crippen LogP contribution >= 0.6 is 0 Å². The molecule has 0 amide bonds. The van der Waals surface area contributed by atoms with E-state index in [1.807, 2.05) is 6.92 Å². The first-order valence-electron chi connectivity index (χ1n) is 4.22. The smallest absolute Gasteiger partial charge is 0.280 e. The molecule has 0 saturated carbocycles. The Bertz CT molecular complexity index is 351. The molecule has 0 atom stereocenters. The van der Waals surface area contributed by atoms with E-state index in [0.717, 1.165) is 6.07 Å². The summed E-state index contributed by atoms with van der Waals surface area (Å²) in [6.45, 7) is 2.84. The molecule has 0 aromatic carbocycles. The highest BCUT2D eigenvalue weighted by atomic mass is 19.3. The van der Waals surface area contributed by atoms with Gasteiger partial charge in [0, 0.05) is 6.07 Å². The summed E-state index contributed by atoms with van der Waals surface area (Å²) in [5.74, 6) is 0.231. The lowest BCUT2D eigenvalue weighted by atomic mass is 10.4. The number of alkyl halides is 2. The van der Waals surface area contributed by atoms with Gasteiger partial charge in [0.2, 0.25) is 0 Å². The highest BCUT2D eigenvalue weighted by Gasteiger charge is 2.10. The van der Waals surface area contributed by atoms with Gasteiger partial charge in [-0.15, -0.1) is 0 Å². The average Bonchev–Trinajstić information content (AvgIpc) is 2.14. The Balaban J connectivity index is 2.90. The SMILES string of the molecule is CCNCc1nc(C(F)F)cc(=O)[nH]1. The zero-order valence-electron chi connectivity index (χ0n) is 7.68. The van der Waals surface area contributed by atoms with Gasteiger partial charge in [-0.3, -0.25) is 4.79 Å². The van der Waals surface area contributed by atoms with Crippen molar-refractivity contribution in [3.63, 3.8) is 0 Å². The fourth-order valence-electron chi connectivity index (χ4n) is 0.968. The third kappa shape index (κ3) is 2.88. The number of aromatic nitrogens is 2. The van der Waals surface area contributed by atoms with E-state index >= 15 is 0 Å². The summed E-state index contributed by atoms with van der Waals surface area (Å²) in [5.41, 5.74) is -1.04. The lowest BCUT2D eigenvalue weighted by molar-refractivity contribution is 0.145. The first-order valence-corrected chi connectivity index (χ1v) is 4.22. The molecule has 0 bridgehead atoms. The first kappa shape index (κ1) is 10.8. The summed E-state index contributed by atoms with van der Waals surface area (Å²) in [5, 5.41) is 2.88. The zero-order chi connectivity index (χ0) is 10.6. The molecule has 0 fully saturated rings. The van der Waals surface area contributed by atoms with Crippen molar-refractivity contribution < 1.29 is 8.78 Å². The van der Waals surface area contributed by atoms with Crippen molar-refractivity contribution in [2.24, 2.45) is 0 Å². The predicted molar refractivity (Wildman–Crippen MR) is 47.2 cm³/mol. The monoisotopic (exact) mass is 203 g/mol. The molecule has 0 spiro atoms. The highest BCUT2D eigenvalue weighted by molar-refractivity contribution is 5.03. The topological polar surface area (TPSA) is 57.8 Å². The van der Waals surface area contributed by atoms with Crippen molar-refractivity contribution in [2.75, 3.05) is 6.54 Å². The van der Waals surface area contributed by atoms with Crippen molar-refractivity contribution in [1.29, 1.82) is 0 Å². The van der Waals surface area contributed by atoms with Crippen LogP contribution in [0.4, 0.5) is 8.78 Å². The van der Waals surface area contributed by atoms with Crippen molar-refractivity contribution in [2.45, 2.75) is 19.9 Å². The largest absolute Gasteiger partial charge is 0.310 e. The van der Waals surface area contributed by atoms with Crippen LogP contribution in [0.25, 0.3) is 0 Å². The van der Waals surface area contributed by atoms with Crippen LogP contribution in [-0.4, -0.2) is 16.5 Å². The van der Waals surface area contributed by atoms with Crippen LogP contribution in [0.2, 0.25) is 0 Å². The van der Waals surface area contributed by atoms with Crippen LogP contribution in [0.3, 0.4) is 0 Å². The fourth-order valence-corrected chi connectivity index (χ4v) is 0.968. The number of rotatable bonds is 4. The summed E-state index contributed by atoms with van der Waals surface area (Å²) in [4.78, 5) is 16.9. The highest BCUT2D eigenvalue weighted by Crippen LogP contribution is 2.13. The van der Waals surface area contributed by atoms with E-state index in [0.29, 0.717) is 6.54 Å². The van der Waals surface area contributed by atoms with Crippen LogP contribution < -0.4 is 10.9 Å². The summed E-state index contributed by atoms with van der Waals surface area (Å²) < 4.78 is 24.4. The standard InChI is InChI=1S/C8H11F2N3O/c1-2-11-4-6-12-5(8(9)10)3-7(14)13-6/h3,8,11H,2,4H2,1H3,(H,12,13,14). The van der Waals surface area contributed by atoms with E-state index < -0.39 is 17.7 Å². The number of hydrogen-bond acceptors (Lipinski definition) is 3. The maximum atomic E-state index is 12.2. The third-order valence-electron chi connectivity index (χ3n) is 1.58. The second-order valence-electron chi connectivity index (χ2n) is 2.70. The molecule has 0 unspecified atom stereocenters. The van der Waals surface area contributed by atoms with E-state index in [2.05, 4.69) is 15.3 Å². The molecule has 1 aromatic heterocycles. The van der Waals surface area contributed by atoms with Gasteiger partial charge in [0.15, 0.2) is 0 Å². The van der Waals surface area contributed by atoms with Crippen LogP contribution in [0.1, 0.15) is 24.9 Å². The number of nitrogens with one attached hydrogen (secondary N) is 2. The number of hydrogen-bond donors (Lipinski definition) is 2. The van der Waals surface area contributed by atoms with Crippen molar-refractivity contribution >= 4 is 0 Å². The molecule has 4 nitrogen and oxygen atoms in total. The number of H-pyrrole nitrogens is 1.